The third-order valence-electron chi connectivity index (χ3n) is 9.37. The third kappa shape index (κ3) is 7.31. The first-order valence-corrected chi connectivity index (χ1v) is 19.9. The standard InChI is InChI=1S/C35H44BrN8O3P/c1-6-24-19-30(32(47-3)20-31(24)44-13-11-25(12-14-44)43-17-15-42(22-45)16-18-43)40-35-37-21-27(36)34(41-35)39-29-10-9-28-26(8-7-23(2)38-28)33(29)48(4,5)46/h7-10,19-22,25H,6,11-18H2,1-5H3,(H2,37,39,40,41). The second kappa shape index (κ2) is 14.4. The van der Waals surface area contributed by atoms with Gasteiger partial charge >= 0.3 is 0 Å². The molecule has 0 bridgehead atoms. The summed E-state index contributed by atoms with van der Waals surface area (Å²) < 4.78 is 20.1. The predicted octanol–water partition coefficient (Wildman–Crippen LogP) is 6.14. The molecule has 0 atom stereocenters. The van der Waals surface area contributed by atoms with Gasteiger partial charge in [-0.15, -0.1) is 0 Å². The van der Waals surface area contributed by atoms with Gasteiger partial charge in [0.1, 0.15) is 18.7 Å². The molecule has 6 rings (SSSR count). The van der Waals surface area contributed by atoms with E-state index in [1.54, 1.807) is 26.6 Å². The molecule has 1 amide bonds. The molecular formula is C35H44BrN8O3P. The van der Waals surface area contributed by atoms with Crippen molar-refractivity contribution in [1.82, 2.24) is 24.8 Å². The fraction of sp³-hybridized carbons (Fsp3) is 0.429. The van der Waals surface area contributed by atoms with Crippen LogP contribution in [0.4, 0.5) is 28.8 Å². The number of pyridine rings is 1. The molecule has 2 N–H and O–H groups in total. The number of hydrogen-bond donors (Lipinski definition) is 2. The molecule has 2 aliphatic heterocycles. The molecule has 4 aromatic rings. The molecule has 13 heteroatoms. The first kappa shape index (κ1) is 34.1. The second-order valence-corrected chi connectivity index (χ2v) is 16.9. The Kier molecular flexibility index (Phi) is 10.2. The van der Waals surface area contributed by atoms with Gasteiger partial charge in [-0.05, 0) is 85.3 Å². The van der Waals surface area contributed by atoms with Crippen molar-refractivity contribution in [2.45, 2.75) is 39.2 Å². The Hall–Kier alpha value is -3.73. The minimum atomic E-state index is -2.70. The van der Waals surface area contributed by atoms with Crippen LogP contribution in [-0.4, -0.2) is 96.9 Å². The Labute approximate surface area is 291 Å². The third-order valence-corrected chi connectivity index (χ3v) is 11.5. The van der Waals surface area contributed by atoms with Crippen molar-refractivity contribution in [1.29, 1.82) is 0 Å². The van der Waals surface area contributed by atoms with E-state index in [0.717, 1.165) is 92.5 Å². The first-order chi connectivity index (χ1) is 23.1. The van der Waals surface area contributed by atoms with Crippen molar-refractivity contribution in [3.63, 3.8) is 0 Å². The van der Waals surface area contributed by atoms with E-state index in [4.69, 9.17) is 9.72 Å². The normalized spacial score (nSPS) is 16.3. The van der Waals surface area contributed by atoms with E-state index in [1.165, 1.54) is 11.3 Å². The number of methoxy groups -OCH3 is 1. The number of benzene rings is 2. The number of aromatic nitrogens is 3. The van der Waals surface area contributed by atoms with Gasteiger partial charge in [0.25, 0.3) is 0 Å². The predicted molar refractivity (Wildman–Crippen MR) is 199 cm³/mol. The highest BCUT2D eigenvalue weighted by Crippen LogP contribution is 2.42. The van der Waals surface area contributed by atoms with Gasteiger partial charge < -0.3 is 29.7 Å². The van der Waals surface area contributed by atoms with Gasteiger partial charge in [-0.25, -0.2) is 4.98 Å². The summed E-state index contributed by atoms with van der Waals surface area (Å²) in [4.78, 5) is 32.0. The first-order valence-electron chi connectivity index (χ1n) is 16.5. The van der Waals surface area contributed by atoms with Gasteiger partial charge in [0, 0.05) is 79.6 Å². The zero-order valence-electron chi connectivity index (χ0n) is 28.3. The second-order valence-electron chi connectivity index (χ2n) is 12.9. The number of carbonyl (C=O) groups excluding carboxylic acids is 1. The number of nitrogens with one attached hydrogen (secondary N) is 2. The molecule has 2 aliphatic rings. The summed E-state index contributed by atoms with van der Waals surface area (Å²) in [6, 6.07) is 12.6. The molecule has 48 heavy (non-hydrogen) atoms. The highest BCUT2D eigenvalue weighted by Gasteiger charge is 2.28. The van der Waals surface area contributed by atoms with Crippen molar-refractivity contribution in [2.75, 3.05) is 75.2 Å². The molecule has 2 saturated heterocycles. The Balaban J connectivity index is 1.22. The number of piperazine rings is 1. The number of fused-ring (bicyclic) bond motifs is 1. The molecular weight excluding hydrogens is 691 g/mol. The number of hydrogen-bond acceptors (Lipinski definition) is 10. The minimum Gasteiger partial charge on any atom is -0.494 e. The summed E-state index contributed by atoms with van der Waals surface area (Å²) in [6.07, 6.45) is 5.72. The average Bonchev–Trinajstić information content (AvgIpc) is 3.09. The van der Waals surface area contributed by atoms with E-state index >= 15 is 0 Å². The molecule has 0 radical (unpaired) electrons. The van der Waals surface area contributed by atoms with Crippen LogP contribution in [-0.2, 0) is 15.8 Å². The van der Waals surface area contributed by atoms with Crippen LogP contribution in [0.3, 0.4) is 0 Å². The Morgan fingerprint density at radius 3 is 2.42 bits per heavy atom. The van der Waals surface area contributed by atoms with Crippen molar-refractivity contribution in [3.8, 4) is 5.75 Å². The molecule has 0 spiro atoms. The fourth-order valence-corrected chi connectivity index (χ4v) is 8.64. The molecule has 2 aromatic carbocycles. The number of rotatable bonds is 10. The SMILES string of the molecule is CCc1cc(Nc2ncc(Br)c(Nc3ccc4nc(C)ccc4c3P(C)(C)=O)n2)c(OC)cc1N1CCC(N2CCN(C=O)CC2)CC1. The van der Waals surface area contributed by atoms with Crippen LogP contribution in [0.5, 0.6) is 5.75 Å². The summed E-state index contributed by atoms with van der Waals surface area (Å²) in [7, 11) is -1.02. The average molecular weight is 736 g/mol. The van der Waals surface area contributed by atoms with Crippen LogP contribution < -0.4 is 25.6 Å². The van der Waals surface area contributed by atoms with Crippen LogP contribution in [0.15, 0.2) is 47.1 Å². The van der Waals surface area contributed by atoms with E-state index in [1.807, 2.05) is 36.1 Å². The molecule has 2 aromatic heterocycles. The van der Waals surface area contributed by atoms with Crippen LogP contribution in [0.2, 0.25) is 0 Å². The fourth-order valence-electron chi connectivity index (χ4n) is 6.87. The van der Waals surface area contributed by atoms with Gasteiger partial charge in [-0.1, -0.05) is 13.0 Å². The molecule has 11 nitrogen and oxygen atoms in total. The van der Waals surface area contributed by atoms with Crippen LogP contribution in [0, 0.1) is 6.92 Å². The zero-order chi connectivity index (χ0) is 34.0. The van der Waals surface area contributed by atoms with Crippen molar-refractivity contribution in [2.24, 2.45) is 0 Å². The smallest absolute Gasteiger partial charge is 0.229 e. The highest BCUT2D eigenvalue weighted by atomic mass is 79.9. The van der Waals surface area contributed by atoms with Gasteiger partial charge in [0.05, 0.1) is 28.5 Å². The van der Waals surface area contributed by atoms with Crippen molar-refractivity contribution >= 4 is 74.5 Å². The summed E-state index contributed by atoms with van der Waals surface area (Å²) in [5.41, 5.74) is 5.64. The maximum atomic E-state index is 13.5. The number of anilines is 5. The number of carbonyl (C=O) groups is 1. The highest BCUT2D eigenvalue weighted by molar-refractivity contribution is 9.10. The molecule has 0 saturated carbocycles. The van der Waals surface area contributed by atoms with Crippen molar-refractivity contribution in [3.05, 3.63) is 58.3 Å². The summed E-state index contributed by atoms with van der Waals surface area (Å²) in [5.74, 6) is 1.66. The van der Waals surface area contributed by atoms with Gasteiger partial charge in [0.15, 0.2) is 0 Å². The number of aryl methyl sites for hydroxylation is 2. The van der Waals surface area contributed by atoms with Crippen molar-refractivity contribution < 1.29 is 14.1 Å². The summed E-state index contributed by atoms with van der Waals surface area (Å²) in [5, 5.41) is 8.41. The number of piperidine rings is 1. The lowest BCUT2D eigenvalue weighted by Gasteiger charge is -2.43. The topological polar surface area (TPSA) is 116 Å². The molecule has 0 unspecified atom stereocenters. The molecule has 0 aliphatic carbocycles. The summed E-state index contributed by atoms with van der Waals surface area (Å²) in [6.45, 7) is 13.1. The Bertz CT molecular complexity index is 1850. The monoisotopic (exact) mass is 734 g/mol. The quantitative estimate of drug-likeness (QED) is 0.145. The van der Waals surface area contributed by atoms with E-state index in [0.29, 0.717) is 33.7 Å². The van der Waals surface area contributed by atoms with Gasteiger partial charge in [0.2, 0.25) is 12.4 Å². The van der Waals surface area contributed by atoms with Gasteiger partial charge in [-0.3, -0.25) is 14.7 Å². The lowest BCUT2D eigenvalue weighted by atomic mass is 9.99. The molecule has 254 valence electrons. The number of ether oxygens (including phenoxy) is 1. The largest absolute Gasteiger partial charge is 0.494 e. The number of nitrogens with zero attached hydrogens (tertiary/aromatic N) is 6. The Morgan fingerprint density at radius 2 is 1.75 bits per heavy atom. The lowest BCUT2D eigenvalue weighted by Crippen LogP contribution is -2.53. The summed E-state index contributed by atoms with van der Waals surface area (Å²) >= 11 is 3.60. The molecule has 4 heterocycles. The minimum absolute atomic E-state index is 0.403. The van der Waals surface area contributed by atoms with Crippen LogP contribution >= 0.6 is 23.1 Å². The molecule has 2 fully saturated rings. The lowest BCUT2D eigenvalue weighted by molar-refractivity contribution is -0.120. The van der Waals surface area contributed by atoms with E-state index in [-0.39, 0.29) is 0 Å². The Morgan fingerprint density at radius 1 is 1.00 bits per heavy atom. The van der Waals surface area contributed by atoms with E-state index < -0.39 is 7.14 Å². The number of amides is 1. The zero-order valence-corrected chi connectivity index (χ0v) is 30.8. The van der Waals surface area contributed by atoms with E-state index in [2.05, 4.69) is 65.4 Å². The number of halogens is 1. The maximum absolute atomic E-state index is 13.5. The van der Waals surface area contributed by atoms with Gasteiger partial charge in [-0.2, -0.15) is 4.98 Å². The van der Waals surface area contributed by atoms with E-state index in [9.17, 15) is 9.36 Å². The van der Waals surface area contributed by atoms with Crippen LogP contribution in [0.1, 0.15) is 31.0 Å². The van der Waals surface area contributed by atoms with Crippen LogP contribution in [0.25, 0.3) is 10.9 Å². The maximum Gasteiger partial charge on any atom is 0.229 e.